The van der Waals surface area contributed by atoms with Gasteiger partial charge in [-0.25, -0.2) is 19.9 Å². The van der Waals surface area contributed by atoms with E-state index in [4.69, 9.17) is 15.4 Å². The van der Waals surface area contributed by atoms with Crippen molar-refractivity contribution in [3.8, 4) is 6.07 Å². The lowest BCUT2D eigenvalue weighted by atomic mass is 9.99. The van der Waals surface area contributed by atoms with Crippen LogP contribution < -0.4 is 0 Å². The van der Waals surface area contributed by atoms with Gasteiger partial charge in [0.05, 0.1) is 23.5 Å². The minimum atomic E-state index is -0.235. The molecule has 0 spiro atoms. The molecule has 1 N–H and O–H groups in total. The molecule has 0 amide bonds. The highest BCUT2D eigenvalue weighted by molar-refractivity contribution is 5.88. The first-order valence-corrected chi connectivity index (χ1v) is 8.31. The number of hydrogen-bond acceptors (Lipinski definition) is 7. The molecule has 26 heavy (non-hydrogen) atoms. The molecule has 8 heteroatoms. The van der Waals surface area contributed by atoms with E-state index in [2.05, 4.69) is 26.0 Å². The Hall–Kier alpha value is -2.59. The number of halogens is 1. The van der Waals surface area contributed by atoms with Gasteiger partial charge in [0.1, 0.15) is 12.7 Å². The van der Waals surface area contributed by atoms with Crippen LogP contribution in [-0.4, -0.2) is 32.4 Å². The molecule has 4 rings (SSSR count). The third kappa shape index (κ3) is 3.97. The van der Waals surface area contributed by atoms with E-state index in [1.807, 2.05) is 6.92 Å². The first kappa shape index (κ1) is 19.7. The van der Waals surface area contributed by atoms with E-state index in [9.17, 15) is 0 Å². The van der Waals surface area contributed by atoms with Crippen molar-refractivity contribution in [2.45, 2.75) is 43.4 Å². The van der Waals surface area contributed by atoms with E-state index in [1.54, 1.807) is 24.8 Å². The number of rotatable bonds is 4. The van der Waals surface area contributed by atoms with E-state index < -0.39 is 0 Å². The summed E-state index contributed by atoms with van der Waals surface area (Å²) in [6.45, 7) is 2.44. The molecule has 2 aliphatic carbocycles. The molecule has 2 saturated carbocycles. The van der Waals surface area contributed by atoms with Gasteiger partial charge in [-0.05, 0) is 32.6 Å². The maximum Gasteiger partial charge on any atom is 0.191 e. The van der Waals surface area contributed by atoms with Gasteiger partial charge in [0.15, 0.2) is 5.90 Å². The summed E-state index contributed by atoms with van der Waals surface area (Å²) in [5.74, 6) is 0.356. The molecule has 2 heterocycles. The van der Waals surface area contributed by atoms with Gasteiger partial charge in [0.2, 0.25) is 0 Å². The smallest absolute Gasteiger partial charge is 0.191 e. The molecule has 0 atom stereocenters. The number of ether oxygens (including phenoxy) is 1. The topological polar surface area (TPSA) is 108 Å². The zero-order valence-corrected chi connectivity index (χ0v) is 15.4. The normalized spacial score (nSPS) is 17.4. The first-order valence-electron chi connectivity index (χ1n) is 8.31. The van der Waals surface area contributed by atoms with Crippen LogP contribution in [0.25, 0.3) is 0 Å². The summed E-state index contributed by atoms with van der Waals surface area (Å²) in [4.78, 5) is 15.7. The molecule has 7 nitrogen and oxygen atoms in total. The van der Waals surface area contributed by atoms with Gasteiger partial charge in [-0.2, -0.15) is 5.26 Å². The maximum absolute atomic E-state index is 8.80. The Morgan fingerprint density at radius 2 is 1.54 bits per heavy atom. The molecule has 0 aliphatic heterocycles. The fourth-order valence-electron chi connectivity index (χ4n) is 2.74. The minimum absolute atomic E-state index is 0. The van der Waals surface area contributed by atoms with E-state index in [0.717, 1.165) is 36.8 Å². The molecule has 0 unspecified atom stereocenters. The van der Waals surface area contributed by atoms with E-state index in [1.165, 1.54) is 12.7 Å². The second kappa shape index (κ2) is 8.19. The monoisotopic (exact) mass is 372 g/mol. The summed E-state index contributed by atoms with van der Waals surface area (Å²) in [6, 6.07) is 2.29. The standard InChI is InChI=1S/C10H13N3O.C8H7N3.ClH/c1-2-14-9(11)10(3-4-10)8-5-12-7-13-6-8;9-5-8(1-2-8)7-3-10-6-11-4-7;/h5-7,11H,2-4H2,1H3;3-4,6H,1-2H2;1H. The first-order chi connectivity index (χ1) is 12.2. The highest BCUT2D eigenvalue weighted by Crippen LogP contribution is 2.49. The Morgan fingerprint density at radius 3 is 1.92 bits per heavy atom. The second-order valence-corrected chi connectivity index (χ2v) is 6.29. The molecular formula is C18H21ClN6O. The van der Waals surface area contributed by atoms with Crippen LogP contribution >= 0.6 is 12.4 Å². The fraction of sp³-hybridized carbons (Fsp3) is 0.444. The Bertz CT molecular complexity index is 769. The second-order valence-electron chi connectivity index (χ2n) is 6.29. The quantitative estimate of drug-likeness (QED) is 0.652. The van der Waals surface area contributed by atoms with Crippen molar-refractivity contribution in [3.05, 3.63) is 48.6 Å². The third-order valence-corrected chi connectivity index (χ3v) is 4.66. The van der Waals surface area contributed by atoms with Crippen molar-refractivity contribution in [2.75, 3.05) is 6.61 Å². The molecule has 2 fully saturated rings. The lowest BCUT2D eigenvalue weighted by Gasteiger charge is -2.15. The number of nitriles is 1. The summed E-state index contributed by atoms with van der Waals surface area (Å²) < 4.78 is 5.25. The summed E-state index contributed by atoms with van der Waals surface area (Å²) >= 11 is 0. The van der Waals surface area contributed by atoms with Crippen LogP contribution in [0.3, 0.4) is 0 Å². The molecule has 0 bridgehead atoms. The Kier molecular flexibility index (Phi) is 6.22. The summed E-state index contributed by atoms with van der Waals surface area (Å²) in [5.41, 5.74) is 1.51. The average molecular weight is 373 g/mol. The fourth-order valence-corrected chi connectivity index (χ4v) is 2.74. The predicted molar refractivity (Wildman–Crippen MR) is 98.1 cm³/mol. The zero-order chi connectivity index (χ0) is 17.8. The lowest BCUT2D eigenvalue weighted by Crippen LogP contribution is -2.22. The van der Waals surface area contributed by atoms with Crippen molar-refractivity contribution < 1.29 is 4.74 Å². The number of nitrogens with zero attached hydrogens (tertiary/aromatic N) is 5. The van der Waals surface area contributed by atoms with Crippen LogP contribution in [-0.2, 0) is 15.6 Å². The van der Waals surface area contributed by atoms with Crippen molar-refractivity contribution in [1.29, 1.82) is 10.7 Å². The van der Waals surface area contributed by atoms with Gasteiger partial charge in [-0.3, -0.25) is 5.41 Å². The summed E-state index contributed by atoms with van der Waals surface area (Å²) in [6.07, 6.45) is 13.8. The molecule has 0 aromatic carbocycles. The Labute approximate surface area is 158 Å². The highest BCUT2D eigenvalue weighted by atomic mass is 35.5. The SMILES string of the molecule is CCOC(=N)C1(c2cncnc2)CC1.Cl.N#CC1(c2cncnc2)CC1. The Balaban J connectivity index is 0.000000184. The molecule has 0 radical (unpaired) electrons. The van der Waals surface area contributed by atoms with E-state index >= 15 is 0 Å². The highest BCUT2D eigenvalue weighted by Gasteiger charge is 2.50. The van der Waals surface area contributed by atoms with Crippen LogP contribution in [0.15, 0.2) is 37.4 Å². The summed E-state index contributed by atoms with van der Waals surface area (Å²) in [5, 5.41) is 16.6. The molecule has 2 aliphatic rings. The molecule has 0 saturated heterocycles. The maximum atomic E-state index is 8.80. The third-order valence-electron chi connectivity index (χ3n) is 4.66. The number of nitrogens with one attached hydrogen (secondary N) is 1. The summed E-state index contributed by atoms with van der Waals surface area (Å²) in [7, 11) is 0. The van der Waals surface area contributed by atoms with Crippen LogP contribution in [0.1, 0.15) is 43.7 Å². The molecule has 2 aromatic heterocycles. The van der Waals surface area contributed by atoms with Crippen molar-refractivity contribution in [3.63, 3.8) is 0 Å². The van der Waals surface area contributed by atoms with Gasteiger partial charge in [0.25, 0.3) is 0 Å². The molecule has 136 valence electrons. The van der Waals surface area contributed by atoms with E-state index in [0.29, 0.717) is 12.5 Å². The van der Waals surface area contributed by atoms with Crippen molar-refractivity contribution in [1.82, 2.24) is 19.9 Å². The van der Waals surface area contributed by atoms with Crippen molar-refractivity contribution in [2.24, 2.45) is 0 Å². The number of aromatic nitrogens is 4. The largest absolute Gasteiger partial charge is 0.481 e. The average Bonchev–Trinajstić information content (AvgIpc) is 3.59. The van der Waals surface area contributed by atoms with Gasteiger partial charge >= 0.3 is 0 Å². The zero-order valence-electron chi connectivity index (χ0n) is 14.6. The molecule has 2 aromatic rings. The van der Waals surface area contributed by atoms with E-state index in [-0.39, 0.29) is 23.2 Å². The van der Waals surface area contributed by atoms with Gasteiger partial charge in [0, 0.05) is 35.9 Å². The minimum Gasteiger partial charge on any atom is -0.481 e. The van der Waals surface area contributed by atoms with Crippen LogP contribution in [0, 0.1) is 16.7 Å². The van der Waals surface area contributed by atoms with Gasteiger partial charge < -0.3 is 4.74 Å². The number of hydrogen-bond donors (Lipinski definition) is 1. The van der Waals surface area contributed by atoms with Crippen LogP contribution in [0.4, 0.5) is 0 Å². The predicted octanol–water partition coefficient (Wildman–Crippen LogP) is 2.98. The molecular weight excluding hydrogens is 352 g/mol. The van der Waals surface area contributed by atoms with Gasteiger partial charge in [-0.1, -0.05) is 0 Å². The lowest BCUT2D eigenvalue weighted by molar-refractivity contribution is 0.305. The van der Waals surface area contributed by atoms with Crippen LogP contribution in [0.2, 0.25) is 0 Å². The Morgan fingerprint density at radius 1 is 1.04 bits per heavy atom. The van der Waals surface area contributed by atoms with Gasteiger partial charge in [-0.15, -0.1) is 12.4 Å². The van der Waals surface area contributed by atoms with Crippen LogP contribution in [0.5, 0.6) is 0 Å². The van der Waals surface area contributed by atoms with Crippen molar-refractivity contribution >= 4 is 18.3 Å².